The Hall–Kier alpha value is -1.14. The molecule has 4 heterocycles. The summed E-state index contributed by atoms with van der Waals surface area (Å²) in [7, 11) is 0. The molecule has 29 heavy (non-hydrogen) atoms. The van der Waals surface area contributed by atoms with Crippen LogP contribution in [0.15, 0.2) is 30.3 Å². The van der Waals surface area contributed by atoms with Crippen LogP contribution in [0.3, 0.4) is 0 Å². The number of aliphatic hydroxyl groups excluding tert-OH is 2. The lowest BCUT2D eigenvalue weighted by Gasteiger charge is -2.46. The van der Waals surface area contributed by atoms with Crippen molar-refractivity contribution in [1.82, 2.24) is 0 Å². The van der Waals surface area contributed by atoms with Crippen molar-refractivity contribution in [2.24, 2.45) is 0 Å². The Morgan fingerprint density at radius 3 is 2.52 bits per heavy atom. The molecule has 2 N–H and O–H groups in total. The average Bonchev–Trinajstić information content (AvgIpc) is 3.56. The van der Waals surface area contributed by atoms with Crippen molar-refractivity contribution in [2.45, 2.75) is 68.5 Å². The largest absolute Gasteiger partial charge is 0.387 e. The molecule has 5 rings (SSSR count). The van der Waals surface area contributed by atoms with E-state index < -0.39 is 49.4 Å². The minimum atomic E-state index is -1.27. The van der Waals surface area contributed by atoms with Gasteiger partial charge >= 0.3 is 0 Å². The number of ether oxygens (including phenoxy) is 7. The summed E-state index contributed by atoms with van der Waals surface area (Å²) in [4.78, 5) is 0. The Morgan fingerprint density at radius 2 is 1.72 bits per heavy atom. The molecule has 6 unspecified atom stereocenters. The predicted molar refractivity (Wildman–Crippen MR) is 95.6 cm³/mol. The van der Waals surface area contributed by atoms with E-state index in [9.17, 15) is 10.2 Å². The highest BCUT2D eigenvalue weighted by Gasteiger charge is 2.57. The molecule has 4 aliphatic rings. The smallest absolute Gasteiger partial charge is 0.187 e. The van der Waals surface area contributed by atoms with Gasteiger partial charge < -0.3 is 43.4 Å². The number of hydrogen-bond acceptors (Lipinski definition) is 9. The van der Waals surface area contributed by atoms with Crippen LogP contribution in [0, 0.1) is 0 Å². The summed E-state index contributed by atoms with van der Waals surface area (Å²) < 4.78 is 40.2. The van der Waals surface area contributed by atoms with Crippen molar-refractivity contribution in [1.29, 1.82) is 0 Å². The summed E-state index contributed by atoms with van der Waals surface area (Å²) >= 11 is 0. The van der Waals surface area contributed by atoms with E-state index in [0.717, 1.165) is 5.56 Å². The highest BCUT2D eigenvalue weighted by Crippen LogP contribution is 2.39. The van der Waals surface area contributed by atoms with Gasteiger partial charge in [0, 0.05) is 12.2 Å². The zero-order chi connectivity index (χ0) is 20.0. The summed E-state index contributed by atoms with van der Waals surface area (Å²) in [5, 5.41) is 21.2. The number of rotatable bonds is 5. The monoisotopic (exact) mass is 410 g/mol. The lowest BCUT2D eigenvalue weighted by Crippen LogP contribution is -2.63. The SMILES string of the molecule is CCO[C@@H]1OC[C@@H](O[C@@H]2OC3COC(c4ccccc4)O[C@H]3C(O)C2O)C2OC21. The summed E-state index contributed by atoms with van der Waals surface area (Å²) in [6.07, 6.45) is -6.55. The molecule has 0 aliphatic carbocycles. The van der Waals surface area contributed by atoms with Crippen molar-refractivity contribution < 1.29 is 43.4 Å². The molecule has 4 aliphatic heterocycles. The fourth-order valence-electron chi connectivity index (χ4n) is 4.10. The Bertz CT molecular complexity index is 686. The standard InChI is InChI=1S/C20H26O9/c1-2-23-20-17-16(28-17)12(9-25-20)27-19-14(22)13(21)15-11(26-19)8-24-18(29-15)10-6-4-3-5-7-10/h3-7,11-22H,2,8-9H2,1H3/t11?,12-,13?,14?,15-,16?,17?,18?,19+,20-/m1/s1. The molecule has 4 saturated heterocycles. The van der Waals surface area contributed by atoms with Crippen LogP contribution in [0.1, 0.15) is 18.8 Å². The molecule has 4 fully saturated rings. The molecule has 0 aromatic heterocycles. The van der Waals surface area contributed by atoms with Gasteiger partial charge in [-0.05, 0) is 6.92 Å². The van der Waals surface area contributed by atoms with Gasteiger partial charge in [-0.2, -0.15) is 0 Å². The van der Waals surface area contributed by atoms with E-state index in [2.05, 4.69) is 0 Å². The normalized spacial score (nSPS) is 46.6. The van der Waals surface area contributed by atoms with E-state index in [0.29, 0.717) is 6.61 Å². The molecule has 9 heteroatoms. The molecule has 160 valence electrons. The molecular weight excluding hydrogens is 384 g/mol. The zero-order valence-corrected chi connectivity index (χ0v) is 16.0. The van der Waals surface area contributed by atoms with E-state index in [4.69, 9.17) is 33.2 Å². The molecule has 0 spiro atoms. The third kappa shape index (κ3) is 3.83. The zero-order valence-electron chi connectivity index (χ0n) is 16.0. The maximum absolute atomic E-state index is 10.7. The average molecular weight is 410 g/mol. The molecule has 9 nitrogen and oxygen atoms in total. The molecule has 0 bridgehead atoms. The molecule has 1 aromatic carbocycles. The van der Waals surface area contributed by atoms with Crippen LogP contribution in [0.4, 0.5) is 0 Å². The van der Waals surface area contributed by atoms with E-state index in [-0.39, 0.29) is 25.4 Å². The maximum atomic E-state index is 10.7. The van der Waals surface area contributed by atoms with Crippen LogP contribution in [0.2, 0.25) is 0 Å². The number of aliphatic hydroxyl groups is 2. The number of benzene rings is 1. The van der Waals surface area contributed by atoms with E-state index in [1.165, 1.54) is 0 Å². The van der Waals surface area contributed by atoms with Crippen molar-refractivity contribution in [3.05, 3.63) is 35.9 Å². The van der Waals surface area contributed by atoms with E-state index >= 15 is 0 Å². The van der Waals surface area contributed by atoms with Crippen LogP contribution in [0.5, 0.6) is 0 Å². The third-order valence-electron chi connectivity index (χ3n) is 5.67. The second-order valence-electron chi connectivity index (χ2n) is 7.60. The summed E-state index contributed by atoms with van der Waals surface area (Å²) in [5.74, 6) is 0. The second-order valence-corrected chi connectivity index (χ2v) is 7.60. The fraction of sp³-hybridized carbons (Fsp3) is 0.700. The van der Waals surface area contributed by atoms with Crippen molar-refractivity contribution in [2.75, 3.05) is 19.8 Å². The molecular formula is C20H26O9. The fourth-order valence-corrected chi connectivity index (χ4v) is 4.10. The van der Waals surface area contributed by atoms with Crippen LogP contribution >= 0.6 is 0 Å². The van der Waals surface area contributed by atoms with Gasteiger partial charge in [-0.25, -0.2) is 0 Å². The first-order valence-electron chi connectivity index (χ1n) is 10.0. The summed E-state index contributed by atoms with van der Waals surface area (Å²) in [5.41, 5.74) is 0.839. The quantitative estimate of drug-likeness (QED) is 0.653. The second kappa shape index (κ2) is 8.18. The van der Waals surface area contributed by atoms with E-state index in [1.54, 1.807) is 0 Å². The minimum absolute atomic E-state index is 0.174. The summed E-state index contributed by atoms with van der Waals surface area (Å²) in [6.45, 7) is 2.90. The van der Waals surface area contributed by atoms with E-state index in [1.807, 2.05) is 37.3 Å². The van der Waals surface area contributed by atoms with Crippen LogP contribution in [0.25, 0.3) is 0 Å². The number of epoxide rings is 1. The van der Waals surface area contributed by atoms with Gasteiger partial charge in [-0.3, -0.25) is 0 Å². The summed E-state index contributed by atoms with van der Waals surface area (Å²) in [6, 6.07) is 9.44. The maximum Gasteiger partial charge on any atom is 0.187 e. The Morgan fingerprint density at radius 1 is 0.897 bits per heavy atom. The lowest BCUT2D eigenvalue weighted by molar-refractivity contribution is -0.369. The van der Waals surface area contributed by atoms with Crippen molar-refractivity contribution >= 4 is 0 Å². The highest BCUT2D eigenvalue weighted by atomic mass is 16.8. The number of hydrogen-bond donors (Lipinski definition) is 2. The van der Waals surface area contributed by atoms with Crippen molar-refractivity contribution in [3.8, 4) is 0 Å². The van der Waals surface area contributed by atoms with Gasteiger partial charge in [0.2, 0.25) is 0 Å². The Balaban J connectivity index is 1.20. The molecule has 10 atom stereocenters. The van der Waals surface area contributed by atoms with Crippen LogP contribution < -0.4 is 0 Å². The Labute approximate surface area is 168 Å². The molecule has 0 amide bonds. The van der Waals surface area contributed by atoms with Gasteiger partial charge in [0.05, 0.1) is 13.2 Å². The first kappa shape index (κ1) is 19.8. The molecule has 1 aromatic rings. The molecule has 0 saturated carbocycles. The minimum Gasteiger partial charge on any atom is -0.387 e. The Kier molecular flexibility index (Phi) is 5.59. The topological polar surface area (TPSA) is 108 Å². The van der Waals surface area contributed by atoms with Crippen LogP contribution in [-0.2, 0) is 33.2 Å². The first-order chi connectivity index (χ1) is 14.2. The predicted octanol–water partition coefficient (Wildman–Crippen LogP) is 0.0927. The van der Waals surface area contributed by atoms with Gasteiger partial charge in [0.1, 0.15) is 42.7 Å². The van der Waals surface area contributed by atoms with Gasteiger partial charge in [-0.1, -0.05) is 30.3 Å². The van der Waals surface area contributed by atoms with Gasteiger partial charge in [0.15, 0.2) is 18.9 Å². The molecule has 0 radical (unpaired) electrons. The highest BCUT2D eigenvalue weighted by molar-refractivity contribution is 5.16. The third-order valence-corrected chi connectivity index (χ3v) is 5.67. The lowest BCUT2D eigenvalue weighted by atomic mass is 9.97. The first-order valence-corrected chi connectivity index (χ1v) is 10.0. The van der Waals surface area contributed by atoms with Crippen molar-refractivity contribution in [3.63, 3.8) is 0 Å². The van der Waals surface area contributed by atoms with Gasteiger partial charge in [0.25, 0.3) is 0 Å². The van der Waals surface area contributed by atoms with Gasteiger partial charge in [-0.15, -0.1) is 0 Å². The van der Waals surface area contributed by atoms with Crippen LogP contribution in [-0.4, -0.2) is 85.3 Å². The number of fused-ring (bicyclic) bond motifs is 2.